The van der Waals surface area contributed by atoms with Crippen LogP contribution in [-0.2, 0) is 14.3 Å². The van der Waals surface area contributed by atoms with E-state index in [1.807, 2.05) is 13.8 Å². The molecule has 0 aliphatic heterocycles. The van der Waals surface area contributed by atoms with Crippen molar-refractivity contribution in [3.63, 3.8) is 0 Å². The Bertz CT molecular complexity index is 270. The maximum Gasteiger partial charge on any atom is 0.227 e. The Balaban J connectivity index is 2.53. The Kier molecular flexibility index (Phi) is 8.11. The van der Waals surface area contributed by atoms with Crippen LogP contribution in [0.25, 0.3) is 0 Å². The predicted molar refractivity (Wildman–Crippen MR) is 79.2 cm³/mol. The van der Waals surface area contributed by atoms with Crippen LogP contribution in [0, 0.1) is 5.41 Å². The van der Waals surface area contributed by atoms with Gasteiger partial charge in [0, 0.05) is 19.8 Å². The smallest absolute Gasteiger partial charge is 0.227 e. The number of rotatable bonds is 8. The van der Waals surface area contributed by atoms with Gasteiger partial charge in [0.05, 0.1) is 12.0 Å². The third-order valence-corrected chi connectivity index (χ3v) is 4.07. The second kappa shape index (κ2) is 9.32. The molecular weight excluding hydrogens is 256 g/mol. The number of nitrogens with two attached hydrogens (primary N) is 1. The summed E-state index contributed by atoms with van der Waals surface area (Å²) in [6.07, 6.45) is 6.00. The number of carbonyl (C=O) groups excluding carboxylic acids is 1. The molecule has 1 aliphatic rings. The number of amides is 1. The van der Waals surface area contributed by atoms with E-state index in [0.717, 1.165) is 25.7 Å². The van der Waals surface area contributed by atoms with Gasteiger partial charge in [-0.25, -0.2) is 0 Å². The van der Waals surface area contributed by atoms with Gasteiger partial charge in [-0.2, -0.15) is 0 Å². The molecule has 0 aromatic rings. The van der Waals surface area contributed by atoms with Crippen molar-refractivity contribution in [1.29, 1.82) is 0 Å². The molecule has 0 spiro atoms. The zero-order chi connectivity index (χ0) is 14.8. The summed E-state index contributed by atoms with van der Waals surface area (Å²) in [7, 11) is 0. The first-order chi connectivity index (χ1) is 9.68. The highest BCUT2D eigenvalue weighted by atomic mass is 16.7. The van der Waals surface area contributed by atoms with Gasteiger partial charge in [-0.3, -0.25) is 4.79 Å². The van der Waals surface area contributed by atoms with Gasteiger partial charge >= 0.3 is 0 Å². The minimum atomic E-state index is -0.389. The van der Waals surface area contributed by atoms with Crippen molar-refractivity contribution in [2.24, 2.45) is 11.1 Å². The zero-order valence-corrected chi connectivity index (χ0v) is 13.0. The standard InChI is InChI=1S/C15H30N2O3/c1-3-19-13(20-4-2)11-17-14(18)15(12-16)9-7-5-6-8-10-15/h13H,3-12,16H2,1-2H3,(H,17,18). The quantitative estimate of drug-likeness (QED) is 0.527. The van der Waals surface area contributed by atoms with E-state index in [-0.39, 0.29) is 17.6 Å². The molecular formula is C15H30N2O3. The highest BCUT2D eigenvalue weighted by Crippen LogP contribution is 2.34. The molecule has 1 saturated carbocycles. The second-order valence-corrected chi connectivity index (χ2v) is 5.45. The van der Waals surface area contributed by atoms with Crippen LogP contribution in [0.1, 0.15) is 52.4 Å². The van der Waals surface area contributed by atoms with Crippen LogP contribution in [0.3, 0.4) is 0 Å². The molecule has 0 saturated heterocycles. The lowest BCUT2D eigenvalue weighted by molar-refractivity contribution is -0.145. The summed E-state index contributed by atoms with van der Waals surface area (Å²) in [6.45, 7) is 5.79. The molecule has 20 heavy (non-hydrogen) atoms. The third kappa shape index (κ3) is 5.04. The molecule has 0 aromatic heterocycles. The summed E-state index contributed by atoms with van der Waals surface area (Å²) in [4.78, 5) is 12.5. The van der Waals surface area contributed by atoms with Crippen molar-refractivity contribution < 1.29 is 14.3 Å². The van der Waals surface area contributed by atoms with E-state index in [4.69, 9.17) is 15.2 Å². The van der Waals surface area contributed by atoms with Crippen LogP contribution in [0.5, 0.6) is 0 Å². The molecule has 0 aromatic carbocycles. The molecule has 0 unspecified atom stereocenters. The van der Waals surface area contributed by atoms with Crippen LogP contribution in [0.2, 0.25) is 0 Å². The molecule has 1 rings (SSSR count). The zero-order valence-electron chi connectivity index (χ0n) is 13.0. The minimum Gasteiger partial charge on any atom is -0.351 e. The molecule has 0 heterocycles. The molecule has 0 atom stereocenters. The highest BCUT2D eigenvalue weighted by molar-refractivity contribution is 5.82. The highest BCUT2D eigenvalue weighted by Gasteiger charge is 2.37. The Morgan fingerprint density at radius 2 is 1.70 bits per heavy atom. The van der Waals surface area contributed by atoms with Gasteiger partial charge in [0.1, 0.15) is 0 Å². The van der Waals surface area contributed by atoms with Gasteiger partial charge in [0.15, 0.2) is 6.29 Å². The number of hydrogen-bond acceptors (Lipinski definition) is 4. The number of ether oxygens (including phenoxy) is 2. The molecule has 5 heteroatoms. The van der Waals surface area contributed by atoms with E-state index in [1.54, 1.807) is 0 Å². The molecule has 3 N–H and O–H groups in total. The van der Waals surface area contributed by atoms with Crippen LogP contribution in [-0.4, -0.2) is 38.5 Å². The van der Waals surface area contributed by atoms with Gasteiger partial charge in [0.25, 0.3) is 0 Å². The normalized spacial score (nSPS) is 18.8. The Labute approximate surface area is 122 Å². The molecule has 1 fully saturated rings. The van der Waals surface area contributed by atoms with Crippen molar-refractivity contribution >= 4 is 5.91 Å². The summed E-state index contributed by atoms with van der Waals surface area (Å²) in [5.74, 6) is 0.0614. The Hall–Kier alpha value is -0.650. The van der Waals surface area contributed by atoms with Crippen molar-refractivity contribution in [2.45, 2.75) is 58.7 Å². The fourth-order valence-electron chi connectivity index (χ4n) is 2.83. The van der Waals surface area contributed by atoms with Crippen LogP contribution in [0.4, 0.5) is 0 Å². The molecule has 1 aliphatic carbocycles. The number of nitrogens with one attached hydrogen (secondary N) is 1. The van der Waals surface area contributed by atoms with Gasteiger partial charge in [-0.05, 0) is 26.7 Å². The summed E-state index contributed by atoms with van der Waals surface area (Å²) in [6, 6.07) is 0. The molecule has 0 bridgehead atoms. The summed E-state index contributed by atoms with van der Waals surface area (Å²) >= 11 is 0. The number of hydrogen-bond donors (Lipinski definition) is 2. The van der Waals surface area contributed by atoms with Gasteiger partial charge < -0.3 is 20.5 Å². The van der Waals surface area contributed by atoms with E-state index >= 15 is 0 Å². The average Bonchev–Trinajstić information content (AvgIpc) is 2.71. The first-order valence-electron chi connectivity index (χ1n) is 7.90. The largest absolute Gasteiger partial charge is 0.351 e. The van der Waals surface area contributed by atoms with Gasteiger partial charge in [-0.1, -0.05) is 25.7 Å². The Morgan fingerprint density at radius 1 is 1.15 bits per heavy atom. The Morgan fingerprint density at radius 3 is 2.15 bits per heavy atom. The predicted octanol–water partition coefficient (Wildman–Crippen LogP) is 1.80. The van der Waals surface area contributed by atoms with Gasteiger partial charge in [0.2, 0.25) is 5.91 Å². The first-order valence-corrected chi connectivity index (χ1v) is 7.90. The minimum absolute atomic E-state index is 0.0614. The molecule has 118 valence electrons. The monoisotopic (exact) mass is 286 g/mol. The fourth-order valence-corrected chi connectivity index (χ4v) is 2.83. The first kappa shape index (κ1) is 17.4. The lowest BCUT2D eigenvalue weighted by Crippen LogP contribution is -2.48. The van der Waals surface area contributed by atoms with E-state index in [1.165, 1.54) is 12.8 Å². The molecule has 5 nitrogen and oxygen atoms in total. The molecule has 1 amide bonds. The summed E-state index contributed by atoms with van der Waals surface area (Å²) in [5, 5.41) is 2.97. The SMILES string of the molecule is CCOC(CNC(=O)C1(CN)CCCCCC1)OCC. The van der Waals surface area contributed by atoms with Crippen molar-refractivity contribution in [2.75, 3.05) is 26.3 Å². The lowest BCUT2D eigenvalue weighted by Gasteiger charge is -2.30. The van der Waals surface area contributed by atoms with E-state index in [2.05, 4.69) is 5.32 Å². The third-order valence-electron chi connectivity index (χ3n) is 4.07. The van der Waals surface area contributed by atoms with E-state index in [0.29, 0.717) is 26.3 Å². The van der Waals surface area contributed by atoms with Crippen LogP contribution < -0.4 is 11.1 Å². The molecule has 0 radical (unpaired) electrons. The van der Waals surface area contributed by atoms with Crippen molar-refractivity contribution in [1.82, 2.24) is 5.32 Å². The average molecular weight is 286 g/mol. The van der Waals surface area contributed by atoms with E-state index < -0.39 is 0 Å². The number of carbonyl (C=O) groups is 1. The summed E-state index contributed by atoms with van der Waals surface area (Å²) < 4.78 is 10.9. The van der Waals surface area contributed by atoms with Crippen molar-refractivity contribution in [3.05, 3.63) is 0 Å². The second-order valence-electron chi connectivity index (χ2n) is 5.45. The fraction of sp³-hybridized carbons (Fsp3) is 0.933. The maximum atomic E-state index is 12.5. The van der Waals surface area contributed by atoms with E-state index in [9.17, 15) is 4.79 Å². The van der Waals surface area contributed by atoms with Gasteiger partial charge in [-0.15, -0.1) is 0 Å². The maximum absolute atomic E-state index is 12.5. The summed E-state index contributed by atoms with van der Waals surface area (Å²) in [5.41, 5.74) is 5.52. The van der Waals surface area contributed by atoms with Crippen LogP contribution in [0.15, 0.2) is 0 Å². The van der Waals surface area contributed by atoms with Crippen molar-refractivity contribution in [3.8, 4) is 0 Å². The van der Waals surface area contributed by atoms with Crippen LogP contribution >= 0.6 is 0 Å². The lowest BCUT2D eigenvalue weighted by atomic mass is 9.79. The topological polar surface area (TPSA) is 73.6 Å².